The van der Waals surface area contributed by atoms with Crippen molar-refractivity contribution in [3.8, 4) is 0 Å². The average molecular weight is 229 g/mol. The molecule has 0 aromatic heterocycles. The molecule has 0 bridgehead atoms. The van der Waals surface area contributed by atoms with Gasteiger partial charge in [-0.1, -0.05) is 6.92 Å². The Labute approximate surface area is 96.4 Å². The number of carbonyl (C=O) groups excluding carboxylic acids is 1. The number of carbonyl (C=O) groups is 1. The van der Waals surface area contributed by atoms with Crippen molar-refractivity contribution >= 4 is 23.2 Å². The van der Waals surface area contributed by atoms with Gasteiger partial charge in [0.1, 0.15) is 6.04 Å². The molecule has 1 aliphatic heterocycles. The molecule has 1 unspecified atom stereocenters. The Morgan fingerprint density at radius 3 is 2.93 bits per heavy atom. The second-order valence-corrected chi connectivity index (χ2v) is 4.40. The molecule has 1 saturated heterocycles. The van der Waals surface area contributed by atoms with Gasteiger partial charge in [0.2, 0.25) is 5.91 Å². The first-order chi connectivity index (χ1) is 7.06. The molecule has 0 aromatic rings. The third-order valence-electron chi connectivity index (χ3n) is 2.39. The summed E-state index contributed by atoms with van der Waals surface area (Å²) in [5.41, 5.74) is 0. The molecule has 1 heterocycles. The van der Waals surface area contributed by atoms with E-state index < -0.39 is 0 Å². The number of piperazine rings is 1. The lowest BCUT2D eigenvalue weighted by Gasteiger charge is -2.37. The van der Waals surface area contributed by atoms with Crippen molar-refractivity contribution in [1.29, 1.82) is 0 Å². The van der Waals surface area contributed by atoms with Crippen LogP contribution in [-0.4, -0.2) is 41.1 Å². The van der Waals surface area contributed by atoms with Crippen LogP contribution >= 0.6 is 12.2 Å². The highest BCUT2D eigenvalue weighted by Crippen LogP contribution is 2.08. The first-order valence-corrected chi connectivity index (χ1v) is 5.82. The molecule has 1 rings (SSSR count). The largest absolute Gasteiger partial charge is 0.360 e. The van der Waals surface area contributed by atoms with Crippen molar-refractivity contribution in [2.75, 3.05) is 13.1 Å². The molecular weight excluding hydrogens is 210 g/mol. The predicted molar refractivity (Wildman–Crippen MR) is 64.7 cm³/mol. The maximum absolute atomic E-state index is 11.6. The van der Waals surface area contributed by atoms with Gasteiger partial charge in [-0.3, -0.25) is 4.79 Å². The van der Waals surface area contributed by atoms with Crippen molar-refractivity contribution in [3.05, 3.63) is 0 Å². The van der Waals surface area contributed by atoms with Crippen molar-refractivity contribution in [1.82, 2.24) is 15.5 Å². The first kappa shape index (κ1) is 12.2. The highest BCUT2D eigenvalue weighted by molar-refractivity contribution is 7.80. The van der Waals surface area contributed by atoms with Gasteiger partial charge in [-0.05, 0) is 32.5 Å². The molecule has 0 aromatic carbocycles. The summed E-state index contributed by atoms with van der Waals surface area (Å²) in [6.07, 6.45) is 0.783. The molecule has 86 valence electrons. The predicted octanol–water partition coefficient (Wildman–Crippen LogP) is 0.480. The van der Waals surface area contributed by atoms with Crippen LogP contribution < -0.4 is 10.6 Å². The monoisotopic (exact) mass is 229 g/mol. The number of hydrogen-bond acceptors (Lipinski definition) is 2. The van der Waals surface area contributed by atoms with E-state index in [2.05, 4.69) is 10.6 Å². The summed E-state index contributed by atoms with van der Waals surface area (Å²) in [7, 11) is 0. The minimum Gasteiger partial charge on any atom is -0.360 e. The fourth-order valence-electron chi connectivity index (χ4n) is 1.69. The van der Waals surface area contributed by atoms with Gasteiger partial charge in [0, 0.05) is 19.1 Å². The summed E-state index contributed by atoms with van der Waals surface area (Å²) >= 11 is 5.28. The molecule has 5 heteroatoms. The second-order valence-electron chi connectivity index (χ2n) is 4.01. The van der Waals surface area contributed by atoms with Gasteiger partial charge in [0.15, 0.2) is 5.11 Å². The number of thiocarbonyl (C=S) groups is 1. The summed E-state index contributed by atoms with van der Waals surface area (Å²) in [4.78, 5) is 13.6. The number of nitrogens with zero attached hydrogens (tertiary/aromatic N) is 1. The Hall–Kier alpha value is -0.840. The van der Waals surface area contributed by atoms with Crippen molar-refractivity contribution in [3.63, 3.8) is 0 Å². The number of hydrogen-bond donors (Lipinski definition) is 2. The van der Waals surface area contributed by atoms with Gasteiger partial charge in [-0.2, -0.15) is 0 Å². The molecule has 1 atom stereocenters. The highest BCUT2D eigenvalue weighted by atomic mass is 32.1. The Morgan fingerprint density at radius 2 is 2.40 bits per heavy atom. The van der Waals surface area contributed by atoms with E-state index in [1.165, 1.54) is 0 Å². The van der Waals surface area contributed by atoms with Gasteiger partial charge in [0.25, 0.3) is 0 Å². The van der Waals surface area contributed by atoms with Crippen LogP contribution in [0.3, 0.4) is 0 Å². The summed E-state index contributed by atoms with van der Waals surface area (Å²) in [5.74, 6) is 0.0802. The summed E-state index contributed by atoms with van der Waals surface area (Å²) < 4.78 is 0. The quantitative estimate of drug-likeness (QED) is 0.676. The van der Waals surface area contributed by atoms with Gasteiger partial charge < -0.3 is 15.5 Å². The van der Waals surface area contributed by atoms with E-state index in [4.69, 9.17) is 12.2 Å². The molecule has 2 N–H and O–H groups in total. The topological polar surface area (TPSA) is 44.4 Å². The molecule has 4 nitrogen and oxygen atoms in total. The van der Waals surface area contributed by atoms with Crippen molar-refractivity contribution in [2.45, 2.75) is 39.3 Å². The van der Waals surface area contributed by atoms with Crippen LogP contribution in [0.1, 0.15) is 27.2 Å². The highest BCUT2D eigenvalue weighted by Gasteiger charge is 2.29. The molecule has 1 aliphatic rings. The normalized spacial score (nSPS) is 21.5. The van der Waals surface area contributed by atoms with Crippen LogP contribution in [0.15, 0.2) is 0 Å². The van der Waals surface area contributed by atoms with E-state index in [9.17, 15) is 4.79 Å². The summed E-state index contributed by atoms with van der Waals surface area (Å²) in [6, 6.07) is 0.192. The van der Waals surface area contributed by atoms with Gasteiger partial charge in [-0.15, -0.1) is 0 Å². The van der Waals surface area contributed by atoms with E-state index in [-0.39, 0.29) is 11.9 Å². The average Bonchev–Trinajstić information content (AvgIpc) is 2.16. The SMILES string of the molecule is CCC1C(=O)NCCN1C(=S)NC(C)C. The van der Waals surface area contributed by atoms with Crippen LogP contribution in [-0.2, 0) is 4.79 Å². The standard InChI is InChI=1S/C10H19N3OS/c1-4-8-9(14)11-5-6-13(8)10(15)12-7(2)3/h7-8H,4-6H2,1-3H3,(H,11,14)(H,12,15). The number of amides is 1. The molecule has 0 aliphatic carbocycles. The number of rotatable bonds is 2. The van der Waals surface area contributed by atoms with Crippen LogP contribution in [0, 0.1) is 0 Å². The van der Waals surface area contributed by atoms with E-state index in [1.807, 2.05) is 25.7 Å². The molecule has 0 spiro atoms. The Balaban J connectivity index is 2.65. The zero-order valence-electron chi connectivity index (χ0n) is 9.54. The lowest BCUT2D eigenvalue weighted by atomic mass is 10.1. The zero-order valence-corrected chi connectivity index (χ0v) is 10.4. The Bertz CT molecular complexity index is 255. The van der Waals surface area contributed by atoms with Gasteiger partial charge in [-0.25, -0.2) is 0 Å². The summed E-state index contributed by atoms with van der Waals surface area (Å²) in [5, 5.41) is 6.71. The number of nitrogens with one attached hydrogen (secondary N) is 2. The molecule has 15 heavy (non-hydrogen) atoms. The van der Waals surface area contributed by atoms with E-state index in [0.717, 1.165) is 13.0 Å². The van der Waals surface area contributed by atoms with Gasteiger partial charge in [0.05, 0.1) is 0 Å². The maximum Gasteiger partial charge on any atom is 0.242 e. The van der Waals surface area contributed by atoms with Crippen LogP contribution in [0.25, 0.3) is 0 Å². The van der Waals surface area contributed by atoms with Gasteiger partial charge >= 0.3 is 0 Å². The third kappa shape index (κ3) is 3.06. The van der Waals surface area contributed by atoms with Crippen molar-refractivity contribution < 1.29 is 4.79 Å². The Morgan fingerprint density at radius 1 is 1.73 bits per heavy atom. The molecule has 1 amide bonds. The van der Waals surface area contributed by atoms with E-state index in [1.54, 1.807) is 0 Å². The molecule has 0 radical (unpaired) electrons. The third-order valence-corrected chi connectivity index (χ3v) is 2.74. The lowest BCUT2D eigenvalue weighted by molar-refractivity contribution is -0.127. The first-order valence-electron chi connectivity index (χ1n) is 5.41. The molecule has 1 fully saturated rings. The summed E-state index contributed by atoms with van der Waals surface area (Å²) in [6.45, 7) is 7.55. The minimum absolute atomic E-state index is 0.0802. The van der Waals surface area contributed by atoms with E-state index in [0.29, 0.717) is 17.7 Å². The van der Waals surface area contributed by atoms with Crippen molar-refractivity contribution in [2.24, 2.45) is 0 Å². The fraction of sp³-hybridized carbons (Fsp3) is 0.800. The molecular formula is C10H19N3OS. The fourth-order valence-corrected chi connectivity index (χ4v) is 2.15. The maximum atomic E-state index is 11.6. The minimum atomic E-state index is -0.113. The Kier molecular flexibility index (Phi) is 4.32. The van der Waals surface area contributed by atoms with E-state index >= 15 is 0 Å². The zero-order chi connectivity index (χ0) is 11.4. The van der Waals surface area contributed by atoms with Crippen LogP contribution in [0.4, 0.5) is 0 Å². The lowest BCUT2D eigenvalue weighted by Crippen LogP contribution is -2.59. The smallest absolute Gasteiger partial charge is 0.242 e. The van der Waals surface area contributed by atoms with Crippen LogP contribution in [0.2, 0.25) is 0 Å². The van der Waals surface area contributed by atoms with Crippen LogP contribution in [0.5, 0.6) is 0 Å². The second kappa shape index (κ2) is 5.30. The molecule has 0 saturated carbocycles.